The quantitative estimate of drug-likeness (QED) is 0.809. The van der Waals surface area contributed by atoms with Crippen molar-refractivity contribution in [3.05, 3.63) is 18.2 Å². The lowest BCUT2D eigenvalue weighted by molar-refractivity contribution is -0.123. The molecule has 2 aliphatic heterocycles. The average Bonchev–Trinajstić information content (AvgIpc) is 3.29. The Bertz CT molecular complexity index is 584. The van der Waals surface area contributed by atoms with E-state index in [0.29, 0.717) is 19.0 Å². The van der Waals surface area contributed by atoms with Crippen LogP contribution in [-0.4, -0.2) is 59.2 Å². The van der Waals surface area contributed by atoms with Crippen molar-refractivity contribution in [2.24, 2.45) is 5.92 Å². The Labute approximate surface area is 156 Å². The van der Waals surface area contributed by atoms with Crippen LogP contribution in [0.2, 0.25) is 0 Å². The van der Waals surface area contributed by atoms with Crippen LogP contribution in [0.25, 0.3) is 0 Å². The molecule has 4 rings (SSSR count). The molecule has 144 valence electrons. The van der Waals surface area contributed by atoms with Crippen LogP contribution in [0.1, 0.15) is 56.7 Å². The summed E-state index contributed by atoms with van der Waals surface area (Å²) in [5.74, 6) is 2.79. The van der Waals surface area contributed by atoms with Crippen molar-refractivity contribution in [2.45, 2.75) is 63.5 Å². The Kier molecular flexibility index (Phi) is 5.90. The first-order valence-electron chi connectivity index (χ1n) is 10.4. The Morgan fingerprint density at radius 2 is 2.04 bits per heavy atom. The number of carbonyl (C=O) groups excluding carboxylic acids is 1. The molecule has 0 bridgehead atoms. The molecule has 6 heteroatoms. The van der Waals surface area contributed by atoms with Crippen molar-refractivity contribution in [3.63, 3.8) is 0 Å². The fourth-order valence-corrected chi connectivity index (χ4v) is 4.43. The van der Waals surface area contributed by atoms with Crippen LogP contribution >= 0.6 is 0 Å². The summed E-state index contributed by atoms with van der Waals surface area (Å²) in [7, 11) is 0. The maximum absolute atomic E-state index is 12.2. The third-order valence-corrected chi connectivity index (χ3v) is 6.30. The van der Waals surface area contributed by atoms with Crippen molar-refractivity contribution >= 4 is 5.91 Å². The number of nitrogens with one attached hydrogen (secondary N) is 1. The van der Waals surface area contributed by atoms with E-state index in [1.807, 2.05) is 6.20 Å². The first-order valence-corrected chi connectivity index (χ1v) is 10.4. The molecule has 3 heterocycles. The van der Waals surface area contributed by atoms with Gasteiger partial charge in [0.25, 0.3) is 0 Å². The van der Waals surface area contributed by atoms with Crippen LogP contribution in [0.15, 0.2) is 12.4 Å². The van der Waals surface area contributed by atoms with Crippen molar-refractivity contribution < 1.29 is 9.53 Å². The number of hydrogen-bond donors (Lipinski definition) is 1. The number of amides is 1. The Balaban J connectivity index is 1.20. The second-order valence-electron chi connectivity index (χ2n) is 8.22. The van der Waals surface area contributed by atoms with Crippen LogP contribution in [0.5, 0.6) is 0 Å². The Morgan fingerprint density at radius 1 is 1.19 bits per heavy atom. The highest BCUT2D eigenvalue weighted by Crippen LogP contribution is 2.31. The molecule has 1 aromatic heterocycles. The van der Waals surface area contributed by atoms with E-state index >= 15 is 0 Å². The van der Waals surface area contributed by atoms with Crippen molar-refractivity contribution in [2.75, 3.05) is 32.8 Å². The Morgan fingerprint density at radius 3 is 2.73 bits per heavy atom. The SMILES string of the molecule is O=C(CN1CCC(c2nccn2CC2CCC2)CC1)NC[C@H]1CCCO1. The van der Waals surface area contributed by atoms with Crippen molar-refractivity contribution in [1.82, 2.24) is 19.8 Å². The predicted molar refractivity (Wildman–Crippen MR) is 100.0 cm³/mol. The highest BCUT2D eigenvalue weighted by atomic mass is 16.5. The number of likely N-dealkylation sites (tertiary alicyclic amines) is 1. The van der Waals surface area contributed by atoms with Gasteiger partial charge >= 0.3 is 0 Å². The zero-order valence-electron chi connectivity index (χ0n) is 15.7. The predicted octanol–water partition coefficient (Wildman–Crippen LogP) is 2.16. The van der Waals surface area contributed by atoms with E-state index in [2.05, 4.69) is 26.0 Å². The summed E-state index contributed by atoms with van der Waals surface area (Å²) in [5.41, 5.74) is 0. The van der Waals surface area contributed by atoms with E-state index < -0.39 is 0 Å². The fraction of sp³-hybridized carbons (Fsp3) is 0.800. The van der Waals surface area contributed by atoms with Gasteiger partial charge in [-0.25, -0.2) is 4.98 Å². The largest absolute Gasteiger partial charge is 0.376 e. The van der Waals surface area contributed by atoms with Gasteiger partial charge in [-0.05, 0) is 57.5 Å². The third-order valence-electron chi connectivity index (χ3n) is 6.30. The number of ether oxygens (including phenoxy) is 1. The third kappa shape index (κ3) is 4.46. The lowest BCUT2D eigenvalue weighted by Gasteiger charge is -2.32. The van der Waals surface area contributed by atoms with Gasteiger partial charge in [0.05, 0.1) is 12.6 Å². The van der Waals surface area contributed by atoms with Crippen LogP contribution in [0.4, 0.5) is 0 Å². The van der Waals surface area contributed by atoms with Gasteiger partial charge < -0.3 is 14.6 Å². The van der Waals surface area contributed by atoms with Gasteiger partial charge in [0.1, 0.15) is 5.82 Å². The highest BCUT2D eigenvalue weighted by Gasteiger charge is 2.26. The Hall–Kier alpha value is -1.40. The number of aromatic nitrogens is 2. The first kappa shape index (κ1) is 18.0. The number of piperidine rings is 1. The topological polar surface area (TPSA) is 59.4 Å². The molecule has 0 aromatic carbocycles. The van der Waals surface area contributed by atoms with Gasteiger partial charge in [0.2, 0.25) is 5.91 Å². The summed E-state index contributed by atoms with van der Waals surface area (Å²) in [6, 6.07) is 0. The number of imidazole rings is 1. The smallest absolute Gasteiger partial charge is 0.234 e. The van der Waals surface area contributed by atoms with Gasteiger partial charge in [-0.1, -0.05) is 6.42 Å². The standard InChI is InChI=1S/C20H32N4O2/c25-19(22-13-18-5-2-12-26-18)15-23-9-6-17(7-10-23)20-21-8-11-24(20)14-16-3-1-4-16/h8,11,16-18H,1-7,9-10,12-15H2,(H,22,25)/t18-/m1/s1. The second kappa shape index (κ2) is 8.53. The minimum absolute atomic E-state index is 0.130. The van der Waals surface area contributed by atoms with Gasteiger partial charge in [-0.3, -0.25) is 9.69 Å². The number of rotatable bonds is 7. The van der Waals surface area contributed by atoms with Gasteiger partial charge in [-0.15, -0.1) is 0 Å². The van der Waals surface area contributed by atoms with E-state index in [1.54, 1.807) is 0 Å². The van der Waals surface area contributed by atoms with Gasteiger partial charge in [0, 0.05) is 38.0 Å². The molecule has 1 N–H and O–H groups in total. The second-order valence-corrected chi connectivity index (χ2v) is 8.22. The number of nitrogens with zero attached hydrogens (tertiary/aromatic N) is 3. The van der Waals surface area contributed by atoms with Gasteiger partial charge in [0.15, 0.2) is 0 Å². The maximum Gasteiger partial charge on any atom is 0.234 e. The molecule has 6 nitrogen and oxygen atoms in total. The lowest BCUT2D eigenvalue weighted by Crippen LogP contribution is -2.43. The molecular weight excluding hydrogens is 328 g/mol. The molecule has 1 saturated carbocycles. The molecule has 0 spiro atoms. The van der Waals surface area contributed by atoms with Gasteiger partial charge in [-0.2, -0.15) is 0 Å². The number of hydrogen-bond acceptors (Lipinski definition) is 4. The minimum Gasteiger partial charge on any atom is -0.376 e. The maximum atomic E-state index is 12.2. The molecule has 0 radical (unpaired) electrons. The van der Waals surface area contributed by atoms with Crippen molar-refractivity contribution in [3.8, 4) is 0 Å². The molecule has 3 aliphatic rings. The molecule has 3 fully saturated rings. The molecule has 1 aliphatic carbocycles. The van der Waals surface area contributed by atoms with E-state index in [9.17, 15) is 4.79 Å². The molecule has 0 unspecified atom stereocenters. The molecule has 1 atom stereocenters. The van der Waals surface area contributed by atoms with Crippen LogP contribution in [0, 0.1) is 5.92 Å². The zero-order valence-corrected chi connectivity index (χ0v) is 15.7. The molecule has 1 aromatic rings. The molecule has 1 amide bonds. The lowest BCUT2D eigenvalue weighted by atomic mass is 9.85. The summed E-state index contributed by atoms with van der Waals surface area (Å²) in [4.78, 5) is 19.1. The first-order chi connectivity index (χ1) is 12.8. The molecule has 26 heavy (non-hydrogen) atoms. The monoisotopic (exact) mass is 360 g/mol. The summed E-state index contributed by atoms with van der Waals surface area (Å²) >= 11 is 0. The van der Waals surface area contributed by atoms with E-state index in [-0.39, 0.29) is 12.0 Å². The van der Waals surface area contributed by atoms with Crippen molar-refractivity contribution in [1.29, 1.82) is 0 Å². The van der Waals surface area contributed by atoms with E-state index in [1.165, 1.54) is 25.1 Å². The summed E-state index contributed by atoms with van der Waals surface area (Å²) < 4.78 is 7.95. The summed E-state index contributed by atoms with van der Waals surface area (Å²) in [6.07, 6.45) is 12.8. The fourth-order valence-electron chi connectivity index (χ4n) is 4.43. The van der Waals surface area contributed by atoms with Crippen LogP contribution in [0.3, 0.4) is 0 Å². The molecular formula is C20H32N4O2. The van der Waals surface area contributed by atoms with E-state index in [4.69, 9.17) is 4.74 Å². The highest BCUT2D eigenvalue weighted by molar-refractivity contribution is 5.78. The average molecular weight is 361 g/mol. The number of carbonyl (C=O) groups is 1. The van der Waals surface area contributed by atoms with E-state index in [0.717, 1.165) is 57.8 Å². The molecule has 2 saturated heterocycles. The van der Waals surface area contributed by atoms with Crippen LogP contribution in [-0.2, 0) is 16.1 Å². The normalized spacial score (nSPS) is 25.3. The summed E-state index contributed by atoms with van der Waals surface area (Å²) in [6.45, 7) is 5.11. The van der Waals surface area contributed by atoms with Crippen LogP contribution < -0.4 is 5.32 Å². The zero-order chi connectivity index (χ0) is 17.8. The summed E-state index contributed by atoms with van der Waals surface area (Å²) in [5, 5.41) is 3.03. The minimum atomic E-state index is 0.130.